The largest absolute Gasteiger partial charge is 0.380 e. The van der Waals surface area contributed by atoms with Crippen LogP contribution in [0.5, 0.6) is 0 Å². The van der Waals surface area contributed by atoms with E-state index >= 15 is 0 Å². The number of hydrogen-bond acceptors (Lipinski definition) is 6. The van der Waals surface area contributed by atoms with Gasteiger partial charge in [-0.25, -0.2) is 9.67 Å². The number of aromatic amines is 1. The molecule has 8 heteroatoms. The third kappa shape index (κ3) is 3.42. The van der Waals surface area contributed by atoms with Crippen LogP contribution in [0.1, 0.15) is 50.6 Å². The summed E-state index contributed by atoms with van der Waals surface area (Å²) in [4.78, 5) is 6.81. The van der Waals surface area contributed by atoms with Gasteiger partial charge in [-0.1, -0.05) is 5.21 Å². The first-order valence-electron chi connectivity index (χ1n) is 7.94. The third-order valence-corrected chi connectivity index (χ3v) is 4.20. The van der Waals surface area contributed by atoms with E-state index in [0.29, 0.717) is 6.54 Å². The van der Waals surface area contributed by atoms with Gasteiger partial charge in [0.1, 0.15) is 5.82 Å². The van der Waals surface area contributed by atoms with Gasteiger partial charge < -0.3 is 4.74 Å². The molecule has 0 aromatic carbocycles. The number of nitrogens with zero attached hydrogens (tertiary/aromatic N) is 6. The Morgan fingerprint density at radius 2 is 2.17 bits per heavy atom. The molecule has 3 heterocycles. The van der Waals surface area contributed by atoms with Crippen molar-refractivity contribution in [2.75, 3.05) is 13.7 Å². The molecule has 1 fully saturated rings. The lowest BCUT2D eigenvalue weighted by molar-refractivity contribution is 0.107. The van der Waals surface area contributed by atoms with Crippen LogP contribution in [0, 0.1) is 6.92 Å². The van der Waals surface area contributed by atoms with E-state index in [2.05, 4.69) is 51.2 Å². The van der Waals surface area contributed by atoms with Gasteiger partial charge in [0.2, 0.25) is 0 Å². The normalized spacial score (nSPS) is 22.8. The Bertz CT molecular complexity index is 657. The third-order valence-electron chi connectivity index (χ3n) is 4.20. The molecule has 126 valence electrons. The van der Waals surface area contributed by atoms with E-state index < -0.39 is 0 Å². The number of ether oxygens (including phenoxy) is 1. The summed E-state index contributed by atoms with van der Waals surface area (Å²) in [7, 11) is 1.75. The predicted octanol–water partition coefficient (Wildman–Crippen LogP) is 1.42. The number of hydrogen-bond donors (Lipinski definition) is 1. The monoisotopic (exact) mass is 319 g/mol. The summed E-state index contributed by atoms with van der Waals surface area (Å²) in [6.45, 7) is 9.81. The van der Waals surface area contributed by atoms with E-state index in [4.69, 9.17) is 4.74 Å². The van der Waals surface area contributed by atoms with Crippen molar-refractivity contribution in [3.05, 3.63) is 23.5 Å². The summed E-state index contributed by atoms with van der Waals surface area (Å²) in [5.74, 6) is 1.66. The molecule has 2 aromatic rings. The summed E-state index contributed by atoms with van der Waals surface area (Å²) in [5, 5.41) is 15.8. The summed E-state index contributed by atoms with van der Waals surface area (Å²) in [5.41, 5.74) is 0.889. The van der Waals surface area contributed by atoms with E-state index in [9.17, 15) is 0 Å². The van der Waals surface area contributed by atoms with Crippen molar-refractivity contribution >= 4 is 0 Å². The maximum absolute atomic E-state index is 5.55. The lowest BCUT2D eigenvalue weighted by Crippen LogP contribution is -2.25. The molecule has 0 bridgehead atoms. The first-order chi connectivity index (χ1) is 10.9. The van der Waals surface area contributed by atoms with E-state index in [-0.39, 0.29) is 17.7 Å². The van der Waals surface area contributed by atoms with Crippen LogP contribution in [0.3, 0.4) is 0 Å². The number of rotatable bonds is 4. The zero-order valence-corrected chi connectivity index (χ0v) is 14.4. The molecule has 1 saturated heterocycles. The SMILES string of the molecule is CO[C@@H]1C[C@@H](c2n[nH]c(C)n2)N(Cc2cn(C(C)(C)C)nn2)C1. The first-order valence-corrected chi connectivity index (χ1v) is 7.94. The Labute approximate surface area is 136 Å². The van der Waals surface area contributed by atoms with Crippen molar-refractivity contribution in [3.63, 3.8) is 0 Å². The summed E-state index contributed by atoms with van der Waals surface area (Å²) < 4.78 is 7.45. The molecule has 0 radical (unpaired) electrons. The van der Waals surface area contributed by atoms with Crippen molar-refractivity contribution in [1.82, 2.24) is 35.1 Å². The van der Waals surface area contributed by atoms with Gasteiger partial charge in [-0.3, -0.25) is 10.00 Å². The second kappa shape index (κ2) is 6.01. The molecule has 0 unspecified atom stereocenters. The van der Waals surface area contributed by atoms with Crippen molar-refractivity contribution < 1.29 is 4.74 Å². The van der Waals surface area contributed by atoms with Crippen molar-refractivity contribution in [1.29, 1.82) is 0 Å². The molecule has 8 nitrogen and oxygen atoms in total. The molecule has 3 rings (SSSR count). The van der Waals surface area contributed by atoms with Crippen molar-refractivity contribution in [2.45, 2.75) is 58.3 Å². The molecule has 23 heavy (non-hydrogen) atoms. The molecule has 2 aromatic heterocycles. The molecule has 1 aliphatic heterocycles. The Morgan fingerprint density at radius 1 is 1.39 bits per heavy atom. The highest BCUT2D eigenvalue weighted by Crippen LogP contribution is 2.32. The van der Waals surface area contributed by atoms with E-state index in [1.165, 1.54) is 0 Å². The van der Waals surface area contributed by atoms with Crippen molar-refractivity contribution in [2.24, 2.45) is 0 Å². The maximum Gasteiger partial charge on any atom is 0.167 e. The zero-order chi connectivity index (χ0) is 16.6. The number of H-pyrrole nitrogens is 1. The molecule has 1 aliphatic rings. The minimum absolute atomic E-state index is 0.0639. The summed E-state index contributed by atoms with van der Waals surface area (Å²) in [6.07, 6.45) is 3.10. The lowest BCUT2D eigenvalue weighted by atomic mass is 10.1. The molecule has 0 spiro atoms. The average Bonchev–Trinajstić information content (AvgIpc) is 3.17. The van der Waals surface area contributed by atoms with Crippen LogP contribution in [-0.2, 0) is 16.8 Å². The van der Waals surface area contributed by atoms with E-state index in [1.54, 1.807) is 7.11 Å². The number of aryl methyl sites for hydroxylation is 1. The van der Waals surface area contributed by atoms with Crippen LogP contribution >= 0.6 is 0 Å². The second-order valence-electron chi connectivity index (χ2n) is 7.14. The van der Waals surface area contributed by atoms with Crippen LogP contribution < -0.4 is 0 Å². The van der Waals surface area contributed by atoms with Crippen LogP contribution in [0.25, 0.3) is 0 Å². The van der Waals surface area contributed by atoms with Crippen LogP contribution in [0.2, 0.25) is 0 Å². The number of likely N-dealkylation sites (tertiary alicyclic amines) is 1. The van der Waals surface area contributed by atoms with Gasteiger partial charge in [-0.2, -0.15) is 5.10 Å². The van der Waals surface area contributed by atoms with Crippen molar-refractivity contribution in [3.8, 4) is 0 Å². The highest BCUT2D eigenvalue weighted by molar-refractivity contribution is 5.04. The fourth-order valence-electron chi connectivity index (χ4n) is 2.89. The minimum atomic E-state index is -0.0639. The lowest BCUT2D eigenvalue weighted by Gasteiger charge is -2.20. The highest BCUT2D eigenvalue weighted by Gasteiger charge is 2.36. The fourth-order valence-corrected chi connectivity index (χ4v) is 2.89. The molecular weight excluding hydrogens is 294 g/mol. The molecule has 1 N–H and O–H groups in total. The molecule has 2 atom stereocenters. The second-order valence-corrected chi connectivity index (χ2v) is 7.14. The predicted molar refractivity (Wildman–Crippen MR) is 84.7 cm³/mol. The van der Waals surface area contributed by atoms with Gasteiger partial charge in [0.15, 0.2) is 5.82 Å². The quantitative estimate of drug-likeness (QED) is 0.917. The molecular formula is C15H25N7O. The Balaban J connectivity index is 1.77. The summed E-state index contributed by atoms with van der Waals surface area (Å²) in [6, 6.07) is 0.143. The number of nitrogens with one attached hydrogen (secondary N) is 1. The summed E-state index contributed by atoms with van der Waals surface area (Å²) >= 11 is 0. The topological polar surface area (TPSA) is 84.8 Å². The standard InChI is InChI=1S/C15H25N7O/c1-10-16-14(19-17-10)13-6-12(23-5)9-21(13)7-11-8-22(20-18-11)15(2,3)4/h8,12-13H,6-7,9H2,1-5H3,(H,16,17,19)/t12-,13+/m1/s1. The van der Waals surface area contributed by atoms with E-state index in [0.717, 1.165) is 30.3 Å². The number of aromatic nitrogens is 6. The van der Waals surface area contributed by atoms with Crippen LogP contribution in [0.4, 0.5) is 0 Å². The van der Waals surface area contributed by atoms with Gasteiger partial charge in [-0.05, 0) is 34.1 Å². The molecule has 0 amide bonds. The Hall–Kier alpha value is -1.80. The van der Waals surface area contributed by atoms with Gasteiger partial charge in [0, 0.05) is 20.2 Å². The van der Waals surface area contributed by atoms with Crippen LogP contribution in [0.15, 0.2) is 6.20 Å². The zero-order valence-electron chi connectivity index (χ0n) is 14.4. The van der Waals surface area contributed by atoms with Gasteiger partial charge in [-0.15, -0.1) is 5.10 Å². The van der Waals surface area contributed by atoms with Gasteiger partial charge >= 0.3 is 0 Å². The Morgan fingerprint density at radius 3 is 2.74 bits per heavy atom. The van der Waals surface area contributed by atoms with E-state index in [1.807, 2.05) is 17.8 Å². The fraction of sp³-hybridized carbons (Fsp3) is 0.733. The minimum Gasteiger partial charge on any atom is -0.380 e. The Kier molecular flexibility index (Phi) is 4.20. The van der Waals surface area contributed by atoms with Crippen LogP contribution in [-0.4, -0.2) is 54.8 Å². The van der Waals surface area contributed by atoms with Gasteiger partial charge in [0.25, 0.3) is 0 Å². The van der Waals surface area contributed by atoms with Gasteiger partial charge in [0.05, 0.1) is 29.6 Å². The smallest absolute Gasteiger partial charge is 0.167 e. The highest BCUT2D eigenvalue weighted by atomic mass is 16.5. The average molecular weight is 319 g/mol. The molecule has 0 aliphatic carbocycles. The number of methoxy groups -OCH3 is 1. The molecule has 0 saturated carbocycles. The maximum atomic E-state index is 5.55. The first kappa shape index (κ1) is 16.1.